The second-order valence-corrected chi connectivity index (χ2v) is 13.9. The lowest BCUT2D eigenvalue weighted by Gasteiger charge is -2.60. The van der Waals surface area contributed by atoms with Crippen molar-refractivity contribution in [3.63, 3.8) is 0 Å². The van der Waals surface area contributed by atoms with Crippen molar-refractivity contribution in [1.29, 1.82) is 0 Å². The average molecular weight is 590 g/mol. The Labute approximate surface area is 248 Å². The first-order chi connectivity index (χ1) is 20.1. The predicted molar refractivity (Wildman–Crippen MR) is 155 cm³/mol. The van der Waals surface area contributed by atoms with Gasteiger partial charge in [-0.15, -0.1) is 0 Å². The normalized spacial score (nSPS) is 35.7. The van der Waals surface area contributed by atoms with E-state index < -0.39 is 23.1 Å². The lowest BCUT2D eigenvalue weighted by Crippen LogP contribution is -2.63. The van der Waals surface area contributed by atoms with Crippen LogP contribution in [-0.2, 0) is 14.3 Å². The van der Waals surface area contributed by atoms with Crippen molar-refractivity contribution >= 4 is 40.4 Å². The Morgan fingerprint density at radius 1 is 1.12 bits per heavy atom. The van der Waals surface area contributed by atoms with E-state index in [1.807, 2.05) is 37.3 Å². The summed E-state index contributed by atoms with van der Waals surface area (Å²) in [4.78, 5) is 44.6. The van der Waals surface area contributed by atoms with Crippen molar-refractivity contribution in [2.24, 2.45) is 28.6 Å². The number of benzene rings is 1. The summed E-state index contributed by atoms with van der Waals surface area (Å²) in [6.45, 7) is 4.23. The van der Waals surface area contributed by atoms with Crippen molar-refractivity contribution in [2.45, 2.75) is 75.7 Å². The highest BCUT2D eigenvalue weighted by atomic mass is 32.2. The molecule has 0 unspecified atom stereocenters. The number of nitrogens with zero attached hydrogens (tertiary/aromatic N) is 1. The Bertz CT molecular complexity index is 1560. The SMILES string of the molecule is C[C@]12CCC(=O)C=C1CC[C@@H]1[C@@H]2[C@@H](O)C[C@@]2(C)[C@H]1CC[C@]2(OC(=O)c1ccco1)C(=O)CSc1nc2ccccc2o1. The number of furan rings is 1. The largest absolute Gasteiger partial charge is 0.457 e. The maximum Gasteiger partial charge on any atom is 0.375 e. The van der Waals surface area contributed by atoms with Crippen molar-refractivity contribution in [2.75, 3.05) is 5.75 Å². The molecule has 4 aliphatic carbocycles. The van der Waals surface area contributed by atoms with E-state index in [9.17, 15) is 19.5 Å². The van der Waals surface area contributed by atoms with Crippen molar-refractivity contribution < 1.29 is 33.1 Å². The van der Waals surface area contributed by atoms with E-state index in [1.54, 1.807) is 6.07 Å². The number of fused-ring (bicyclic) bond motifs is 6. The van der Waals surface area contributed by atoms with Crippen LogP contribution in [0.3, 0.4) is 0 Å². The van der Waals surface area contributed by atoms with E-state index in [0.717, 1.165) is 24.8 Å². The van der Waals surface area contributed by atoms with Crippen LogP contribution < -0.4 is 0 Å². The van der Waals surface area contributed by atoms with Crippen LogP contribution in [0.2, 0.25) is 0 Å². The van der Waals surface area contributed by atoms with E-state index >= 15 is 0 Å². The summed E-state index contributed by atoms with van der Waals surface area (Å²) >= 11 is 1.20. The first kappa shape index (κ1) is 27.7. The Morgan fingerprint density at radius 2 is 1.95 bits per heavy atom. The number of carbonyl (C=O) groups is 3. The van der Waals surface area contributed by atoms with Crippen LogP contribution in [0, 0.1) is 28.6 Å². The summed E-state index contributed by atoms with van der Waals surface area (Å²) in [5, 5.41) is 12.3. The second-order valence-electron chi connectivity index (χ2n) is 13.0. The Hall–Kier alpha value is -3.17. The molecule has 3 fully saturated rings. The van der Waals surface area contributed by atoms with E-state index in [1.165, 1.54) is 24.1 Å². The van der Waals surface area contributed by atoms with Gasteiger partial charge in [0.15, 0.2) is 22.8 Å². The lowest BCUT2D eigenvalue weighted by molar-refractivity contribution is -0.180. The fraction of sp³-hybridized carbons (Fsp3) is 0.515. The number of ether oxygens (including phenoxy) is 1. The summed E-state index contributed by atoms with van der Waals surface area (Å²) in [5.74, 6) is -0.451. The topological polar surface area (TPSA) is 120 Å². The number of hydrogen-bond acceptors (Lipinski definition) is 9. The molecular weight excluding hydrogens is 554 g/mol. The molecule has 0 amide bonds. The van der Waals surface area contributed by atoms with Gasteiger partial charge in [-0.2, -0.15) is 0 Å². The predicted octanol–water partition coefficient (Wildman–Crippen LogP) is 6.18. The van der Waals surface area contributed by atoms with Gasteiger partial charge in [-0.1, -0.05) is 43.3 Å². The zero-order valence-corrected chi connectivity index (χ0v) is 24.7. The first-order valence-electron chi connectivity index (χ1n) is 14.9. The van der Waals surface area contributed by atoms with Gasteiger partial charge < -0.3 is 18.7 Å². The maximum atomic E-state index is 14.4. The Morgan fingerprint density at radius 3 is 2.74 bits per heavy atom. The standard InChI is InChI=1S/C33H35NO7S/c1-31-13-11-20(35)16-19(31)9-10-21-22-12-14-33(32(22,2)17-24(36)28(21)31,41-29(38)26-8-5-15-39-26)27(37)18-42-30-34-23-6-3-4-7-25(23)40-30/h3-8,15-16,21-22,24,28,36H,9-14,17-18H2,1-2H3/t21-,22-,24-,28+,31-,32-,33-/m0/s1. The smallest absolute Gasteiger partial charge is 0.375 e. The maximum absolute atomic E-state index is 14.4. The molecule has 1 N–H and O–H groups in total. The van der Waals surface area contributed by atoms with Gasteiger partial charge in [-0.3, -0.25) is 9.59 Å². The Balaban J connectivity index is 1.22. The number of hydrogen-bond donors (Lipinski definition) is 1. The van der Waals surface area contributed by atoms with E-state index in [0.29, 0.717) is 42.0 Å². The van der Waals surface area contributed by atoms with Crippen molar-refractivity contribution in [3.8, 4) is 0 Å². The summed E-state index contributed by atoms with van der Waals surface area (Å²) in [6, 6.07) is 10.6. The van der Waals surface area contributed by atoms with Crippen molar-refractivity contribution in [1.82, 2.24) is 4.98 Å². The number of carbonyl (C=O) groups excluding carboxylic acids is 3. The molecule has 2 aromatic heterocycles. The summed E-state index contributed by atoms with van der Waals surface area (Å²) in [6.07, 6.45) is 6.82. The minimum Gasteiger partial charge on any atom is -0.457 e. The number of aliphatic hydroxyl groups excluding tert-OH is 1. The lowest BCUT2D eigenvalue weighted by atomic mass is 9.45. The van der Waals surface area contributed by atoms with Gasteiger partial charge in [0, 0.05) is 11.8 Å². The molecule has 42 heavy (non-hydrogen) atoms. The number of aliphatic hydroxyl groups is 1. The molecule has 0 aliphatic heterocycles. The molecule has 4 aliphatic rings. The highest BCUT2D eigenvalue weighted by molar-refractivity contribution is 7.99. The number of aromatic nitrogens is 1. The van der Waals surface area contributed by atoms with Gasteiger partial charge in [-0.25, -0.2) is 9.78 Å². The number of para-hydroxylation sites is 2. The molecule has 0 spiro atoms. The number of oxazole rings is 1. The number of Topliss-reactive ketones (excluding diaryl/α,β-unsaturated/α-hetero) is 1. The second kappa shape index (κ2) is 9.95. The zero-order chi connectivity index (χ0) is 29.3. The highest BCUT2D eigenvalue weighted by Crippen LogP contribution is 2.68. The minimum absolute atomic E-state index is 0.00974. The van der Waals surface area contributed by atoms with Gasteiger partial charge >= 0.3 is 5.97 Å². The number of thioether (sulfide) groups is 1. The minimum atomic E-state index is -1.44. The van der Waals surface area contributed by atoms with Crippen LogP contribution in [0.4, 0.5) is 0 Å². The van der Waals surface area contributed by atoms with Gasteiger partial charge in [-0.05, 0) is 92.0 Å². The highest BCUT2D eigenvalue weighted by Gasteiger charge is 2.70. The van der Waals surface area contributed by atoms with Crippen molar-refractivity contribution in [3.05, 3.63) is 60.1 Å². The molecule has 2 heterocycles. The van der Waals surface area contributed by atoms with E-state index in [4.69, 9.17) is 13.6 Å². The van der Waals surface area contributed by atoms with Gasteiger partial charge in [0.05, 0.1) is 18.1 Å². The van der Waals surface area contributed by atoms with Gasteiger partial charge in [0.1, 0.15) is 5.52 Å². The zero-order valence-electron chi connectivity index (χ0n) is 23.8. The fourth-order valence-electron chi connectivity index (χ4n) is 9.12. The summed E-state index contributed by atoms with van der Waals surface area (Å²) in [5.41, 5.74) is 0.0411. The molecule has 9 heteroatoms. The first-order valence-corrected chi connectivity index (χ1v) is 15.8. The van der Waals surface area contributed by atoms with Crippen LogP contribution in [0.25, 0.3) is 11.1 Å². The van der Waals surface area contributed by atoms with Crippen LogP contribution in [-0.4, -0.2) is 45.1 Å². The monoisotopic (exact) mass is 589 g/mol. The third-order valence-corrected chi connectivity index (χ3v) is 11.9. The molecule has 3 aromatic rings. The third-order valence-electron chi connectivity index (χ3n) is 11.1. The quantitative estimate of drug-likeness (QED) is 0.265. The summed E-state index contributed by atoms with van der Waals surface area (Å²) in [7, 11) is 0. The molecule has 7 atom stereocenters. The van der Waals surface area contributed by atoms with E-state index in [-0.39, 0.29) is 46.2 Å². The number of esters is 1. The number of allylic oxidation sites excluding steroid dienone is 1. The molecule has 0 radical (unpaired) electrons. The van der Waals surface area contributed by atoms with Crippen LogP contribution in [0.1, 0.15) is 69.3 Å². The molecule has 220 valence electrons. The molecule has 0 saturated heterocycles. The summed E-state index contributed by atoms with van der Waals surface area (Å²) < 4.78 is 17.5. The third kappa shape index (κ3) is 4.07. The average Bonchev–Trinajstić information content (AvgIpc) is 3.70. The van der Waals surface area contributed by atoms with Gasteiger partial charge in [0.2, 0.25) is 5.76 Å². The molecule has 7 rings (SSSR count). The van der Waals surface area contributed by atoms with Crippen LogP contribution in [0.5, 0.6) is 0 Å². The fourth-order valence-corrected chi connectivity index (χ4v) is 9.92. The van der Waals surface area contributed by atoms with Crippen LogP contribution >= 0.6 is 11.8 Å². The molecule has 8 nitrogen and oxygen atoms in total. The van der Waals surface area contributed by atoms with Crippen LogP contribution in [0.15, 0.2) is 68.4 Å². The number of ketones is 2. The molecule has 0 bridgehead atoms. The molecule has 1 aromatic carbocycles. The number of rotatable bonds is 6. The van der Waals surface area contributed by atoms with Gasteiger partial charge in [0.25, 0.3) is 5.22 Å². The molecular formula is C33H35NO7S. The van der Waals surface area contributed by atoms with E-state index in [2.05, 4.69) is 11.9 Å². The Kier molecular flexibility index (Phi) is 6.55. The molecule has 3 saturated carbocycles.